The number of nitrogens with zero attached hydrogens (tertiary/aromatic N) is 3. The van der Waals surface area contributed by atoms with Crippen molar-refractivity contribution in [1.29, 1.82) is 0 Å². The molecule has 5 heteroatoms. The van der Waals surface area contributed by atoms with Crippen LogP contribution >= 0.6 is 11.8 Å². The number of hydrogen-bond donors (Lipinski definition) is 0. The van der Waals surface area contributed by atoms with Crippen molar-refractivity contribution in [2.24, 2.45) is 0 Å². The second-order valence-corrected chi connectivity index (χ2v) is 9.05. The Kier molecular flexibility index (Phi) is 6.66. The molecule has 0 atom stereocenters. The van der Waals surface area contributed by atoms with Crippen molar-refractivity contribution in [2.75, 3.05) is 17.2 Å². The van der Waals surface area contributed by atoms with Crippen LogP contribution < -0.4 is 4.90 Å². The van der Waals surface area contributed by atoms with Crippen LogP contribution in [0.15, 0.2) is 71.9 Å². The third-order valence-corrected chi connectivity index (χ3v) is 6.75. The number of fused-ring (bicyclic) bond motifs is 1. The van der Waals surface area contributed by atoms with Crippen LogP contribution in [0.1, 0.15) is 29.2 Å². The van der Waals surface area contributed by atoms with Gasteiger partial charge in [0, 0.05) is 12.2 Å². The maximum atomic E-state index is 13.0. The number of carbonyl (C=O) groups is 1. The smallest absolute Gasteiger partial charge is 0.237 e. The molecule has 3 aromatic carbocycles. The minimum absolute atomic E-state index is 0.0880. The number of aryl methyl sites for hydroxylation is 3. The highest BCUT2D eigenvalue weighted by Gasteiger charge is 2.18. The summed E-state index contributed by atoms with van der Waals surface area (Å²) in [5, 5.41) is 0.878. The van der Waals surface area contributed by atoms with Crippen molar-refractivity contribution >= 4 is 34.4 Å². The SMILES string of the molecule is CCN(C(=O)CSc1nc2ccccc2n1Cc1c(C)cc(C)cc1C)c1ccccc1. The minimum Gasteiger partial charge on any atom is -0.314 e. The van der Waals surface area contributed by atoms with Crippen LogP contribution in [0.5, 0.6) is 0 Å². The first kappa shape index (κ1) is 22.2. The van der Waals surface area contributed by atoms with Gasteiger partial charge in [0.1, 0.15) is 0 Å². The number of para-hydroxylation sites is 3. The van der Waals surface area contributed by atoms with Gasteiger partial charge in [0.25, 0.3) is 0 Å². The number of anilines is 1. The molecule has 1 heterocycles. The monoisotopic (exact) mass is 443 g/mol. The molecular formula is C27H29N3OS. The Morgan fingerprint density at radius 3 is 2.31 bits per heavy atom. The van der Waals surface area contributed by atoms with Gasteiger partial charge in [-0.25, -0.2) is 4.98 Å². The lowest BCUT2D eigenvalue weighted by atomic mass is 10.00. The highest BCUT2D eigenvalue weighted by atomic mass is 32.2. The molecule has 4 nitrogen and oxygen atoms in total. The molecule has 0 bridgehead atoms. The summed E-state index contributed by atoms with van der Waals surface area (Å²) in [5.74, 6) is 0.433. The topological polar surface area (TPSA) is 38.1 Å². The molecule has 1 amide bonds. The molecule has 0 saturated heterocycles. The highest BCUT2D eigenvalue weighted by molar-refractivity contribution is 7.99. The Hall–Kier alpha value is -3.05. The van der Waals surface area contributed by atoms with E-state index in [4.69, 9.17) is 4.98 Å². The minimum atomic E-state index is 0.0880. The summed E-state index contributed by atoms with van der Waals surface area (Å²) in [7, 11) is 0. The van der Waals surface area contributed by atoms with Gasteiger partial charge in [-0.05, 0) is 68.7 Å². The summed E-state index contributed by atoms with van der Waals surface area (Å²) in [6, 6.07) is 22.5. The predicted molar refractivity (Wildman–Crippen MR) is 135 cm³/mol. The van der Waals surface area contributed by atoms with E-state index >= 15 is 0 Å². The number of carbonyl (C=O) groups excluding carboxylic acids is 1. The average Bonchev–Trinajstić information content (AvgIpc) is 3.13. The molecule has 4 aromatic rings. The molecule has 0 aliphatic carbocycles. The number of benzene rings is 3. The molecule has 0 aliphatic heterocycles. The molecule has 0 radical (unpaired) electrons. The van der Waals surface area contributed by atoms with E-state index in [0.717, 1.165) is 28.4 Å². The highest BCUT2D eigenvalue weighted by Crippen LogP contribution is 2.28. The zero-order valence-corrected chi connectivity index (χ0v) is 19.9. The first-order valence-corrected chi connectivity index (χ1v) is 12.0. The molecule has 0 aliphatic rings. The largest absolute Gasteiger partial charge is 0.314 e. The van der Waals surface area contributed by atoms with E-state index in [0.29, 0.717) is 12.3 Å². The van der Waals surface area contributed by atoms with Gasteiger partial charge in [-0.1, -0.05) is 59.8 Å². The number of aromatic nitrogens is 2. The van der Waals surface area contributed by atoms with E-state index in [1.165, 1.54) is 34.0 Å². The lowest BCUT2D eigenvalue weighted by Gasteiger charge is -2.21. The van der Waals surface area contributed by atoms with E-state index < -0.39 is 0 Å². The fourth-order valence-corrected chi connectivity index (χ4v) is 5.14. The van der Waals surface area contributed by atoms with Gasteiger partial charge in [0.05, 0.1) is 23.3 Å². The van der Waals surface area contributed by atoms with E-state index in [9.17, 15) is 4.79 Å². The second kappa shape index (κ2) is 9.61. The van der Waals surface area contributed by atoms with Crippen molar-refractivity contribution in [3.8, 4) is 0 Å². The number of rotatable bonds is 7. The summed E-state index contributed by atoms with van der Waals surface area (Å²) >= 11 is 1.51. The lowest BCUT2D eigenvalue weighted by molar-refractivity contribution is -0.116. The average molecular weight is 444 g/mol. The first-order valence-electron chi connectivity index (χ1n) is 11.0. The molecule has 32 heavy (non-hydrogen) atoms. The number of thioether (sulfide) groups is 1. The zero-order valence-electron chi connectivity index (χ0n) is 19.1. The number of amides is 1. The molecular weight excluding hydrogens is 414 g/mol. The van der Waals surface area contributed by atoms with E-state index in [1.807, 2.05) is 60.4 Å². The summed E-state index contributed by atoms with van der Waals surface area (Å²) in [6.45, 7) is 9.86. The Morgan fingerprint density at radius 2 is 1.62 bits per heavy atom. The first-order chi connectivity index (χ1) is 15.5. The summed E-state index contributed by atoms with van der Waals surface area (Å²) in [4.78, 5) is 19.7. The Morgan fingerprint density at radius 1 is 0.969 bits per heavy atom. The van der Waals surface area contributed by atoms with E-state index in [1.54, 1.807) is 0 Å². The van der Waals surface area contributed by atoms with Crippen LogP contribution in [0.4, 0.5) is 5.69 Å². The Labute approximate surface area is 194 Å². The van der Waals surface area contributed by atoms with Crippen LogP contribution in [0.25, 0.3) is 11.0 Å². The Bertz CT molecular complexity index is 1220. The van der Waals surface area contributed by atoms with Crippen molar-refractivity contribution in [2.45, 2.75) is 39.4 Å². The van der Waals surface area contributed by atoms with Gasteiger partial charge in [-0.15, -0.1) is 0 Å². The molecule has 0 spiro atoms. The van der Waals surface area contributed by atoms with Crippen LogP contribution in [0.2, 0.25) is 0 Å². The molecule has 0 saturated carbocycles. The second-order valence-electron chi connectivity index (χ2n) is 8.11. The van der Waals surface area contributed by atoms with Gasteiger partial charge in [-0.2, -0.15) is 0 Å². The van der Waals surface area contributed by atoms with Crippen LogP contribution in [-0.2, 0) is 11.3 Å². The van der Waals surface area contributed by atoms with Crippen molar-refractivity contribution in [1.82, 2.24) is 9.55 Å². The number of hydrogen-bond acceptors (Lipinski definition) is 3. The zero-order chi connectivity index (χ0) is 22.7. The normalized spacial score (nSPS) is 11.1. The molecule has 0 unspecified atom stereocenters. The molecule has 1 aromatic heterocycles. The van der Waals surface area contributed by atoms with E-state index in [2.05, 4.69) is 43.5 Å². The summed E-state index contributed by atoms with van der Waals surface area (Å²) in [5.41, 5.74) is 8.14. The quantitative estimate of drug-likeness (QED) is 0.321. The standard InChI is InChI=1S/C27H29N3OS/c1-5-29(22-11-7-6-8-12-22)26(31)18-32-27-28-24-13-9-10-14-25(24)30(27)17-23-20(3)15-19(2)16-21(23)4/h6-16H,5,17-18H2,1-4H3. The van der Waals surface area contributed by atoms with Crippen molar-refractivity contribution in [3.05, 3.63) is 89.0 Å². The predicted octanol–water partition coefficient (Wildman–Crippen LogP) is 6.16. The van der Waals surface area contributed by atoms with Crippen molar-refractivity contribution < 1.29 is 4.79 Å². The van der Waals surface area contributed by atoms with Crippen molar-refractivity contribution in [3.63, 3.8) is 0 Å². The fraction of sp³-hybridized carbons (Fsp3) is 0.259. The third-order valence-electron chi connectivity index (χ3n) is 5.79. The van der Waals surface area contributed by atoms with Gasteiger partial charge in [-0.3, -0.25) is 4.79 Å². The van der Waals surface area contributed by atoms with Gasteiger partial charge in [0.2, 0.25) is 5.91 Å². The summed E-state index contributed by atoms with van der Waals surface area (Å²) < 4.78 is 2.25. The molecule has 4 rings (SSSR count). The van der Waals surface area contributed by atoms with Gasteiger partial charge >= 0.3 is 0 Å². The van der Waals surface area contributed by atoms with Gasteiger partial charge in [0.15, 0.2) is 5.16 Å². The third kappa shape index (κ3) is 4.58. The summed E-state index contributed by atoms with van der Waals surface area (Å²) in [6.07, 6.45) is 0. The van der Waals surface area contributed by atoms with Crippen LogP contribution in [0, 0.1) is 20.8 Å². The lowest BCUT2D eigenvalue weighted by Crippen LogP contribution is -2.32. The van der Waals surface area contributed by atoms with Gasteiger partial charge < -0.3 is 9.47 Å². The molecule has 0 fully saturated rings. The number of imidazole rings is 1. The maximum absolute atomic E-state index is 13.0. The fourth-order valence-electron chi connectivity index (χ4n) is 4.25. The van der Waals surface area contributed by atoms with Crippen LogP contribution in [-0.4, -0.2) is 27.8 Å². The Balaban J connectivity index is 1.63. The molecule has 0 N–H and O–H groups in total. The van der Waals surface area contributed by atoms with E-state index in [-0.39, 0.29) is 5.91 Å². The van der Waals surface area contributed by atoms with Crippen LogP contribution in [0.3, 0.4) is 0 Å². The maximum Gasteiger partial charge on any atom is 0.237 e. The molecule has 164 valence electrons.